The van der Waals surface area contributed by atoms with Crippen LogP contribution in [0.4, 0.5) is 0 Å². The molecule has 0 radical (unpaired) electrons. The minimum atomic E-state index is 0.432. The van der Waals surface area contributed by atoms with Crippen molar-refractivity contribution in [2.24, 2.45) is 0 Å². The molecular formula is C18H21NO. The summed E-state index contributed by atoms with van der Waals surface area (Å²) in [5.74, 6) is 0.935. The molecule has 0 saturated carbocycles. The van der Waals surface area contributed by atoms with Crippen LogP contribution in [0.2, 0.25) is 0 Å². The van der Waals surface area contributed by atoms with Gasteiger partial charge in [-0.2, -0.15) is 0 Å². The van der Waals surface area contributed by atoms with Crippen molar-refractivity contribution in [2.75, 3.05) is 13.1 Å². The van der Waals surface area contributed by atoms with Gasteiger partial charge in [0.2, 0.25) is 0 Å². The van der Waals surface area contributed by atoms with Gasteiger partial charge in [-0.15, -0.1) is 0 Å². The van der Waals surface area contributed by atoms with Gasteiger partial charge in [-0.3, -0.25) is 0 Å². The van der Waals surface area contributed by atoms with Crippen LogP contribution in [0.1, 0.15) is 35.1 Å². The van der Waals surface area contributed by atoms with E-state index in [9.17, 15) is 5.11 Å². The predicted molar refractivity (Wildman–Crippen MR) is 82.3 cm³/mol. The van der Waals surface area contributed by atoms with Crippen LogP contribution in [0, 0.1) is 0 Å². The van der Waals surface area contributed by atoms with E-state index in [4.69, 9.17) is 0 Å². The molecule has 0 unspecified atom stereocenters. The molecule has 0 saturated heterocycles. The molecule has 2 aromatic carbocycles. The molecule has 0 spiro atoms. The second-order valence-electron chi connectivity index (χ2n) is 5.70. The number of rotatable bonds is 2. The maximum Gasteiger partial charge on any atom is 0.119 e. The minimum Gasteiger partial charge on any atom is -0.508 e. The summed E-state index contributed by atoms with van der Waals surface area (Å²) in [6.07, 6.45) is 1.79. The third-order valence-electron chi connectivity index (χ3n) is 4.13. The lowest BCUT2D eigenvalue weighted by molar-refractivity contribution is 0.468. The molecule has 2 N–H and O–H groups in total. The highest BCUT2D eigenvalue weighted by atomic mass is 16.3. The predicted octanol–water partition coefficient (Wildman–Crippen LogP) is 3.23. The van der Waals surface area contributed by atoms with Gasteiger partial charge in [0.15, 0.2) is 0 Å². The molecule has 3 rings (SSSR count). The quantitative estimate of drug-likeness (QED) is 0.875. The first kappa shape index (κ1) is 13.2. The molecule has 0 amide bonds. The lowest BCUT2D eigenvalue weighted by Crippen LogP contribution is -2.18. The van der Waals surface area contributed by atoms with Crippen molar-refractivity contribution in [1.82, 2.24) is 5.32 Å². The van der Waals surface area contributed by atoms with E-state index in [0.717, 1.165) is 31.5 Å². The first-order valence-corrected chi connectivity index (χ1v) is 7.33. The van der Waals surface area contributed by atoms with Crippen molar-refractivity contribution in [3.05, 3.63) is 64.7 Å². The van der Waals surface area contributed by atoms with Gasteiger partial charge in [0.25, 0.3) is 0 Å². The van der Waals surface area contributed by atoms with E-state index < -0.39 is 0 Å². The molecule has 1 heterocycles. The fourth-order valence-electron chi connectivity index (χ4n) is 2.98. The first-order valence-electron chi connectivity index (χ1n) is 7.33. The largest absolute Gasteiger partial charge is 0.508 e. The molecule has 0 aromatic heterocycles. The fraction of sp³-hybridized carbons (Fsp3) is 0.333. The van der Waals surface area contributed by atoms with E-state index in [1.165, 1.54) is 16.7 Å². The van der Waals surface area contributed by atoms with Crippen molar-refractivity contribution in [3.8, 4) is 5.75 Å². The Labute approximate surface area is 120 Å². The van der Waals surface area contributed by atoms with Crippen LogP contribution in [-0.4, -0.2) is 18.2 Å². The van der Waals surface area contributed by atoms with E-state index in [-0.39, 0.29) is 0 Å². The molecule has 1 aliphatic rings. The number of benzene rings is 2. The molecule has 1 atom stereocenters. The molecule has 1 aliphatic heterocycles. The molecule has 2 aromatic rings. The van der Waals surface area contributed by atoms with Crippen LogP contribution < -0.4 is 5.32 Å². The Kier molecular flexibility index (Phi) is 3.75. The van der Waals surface area contributed by atoms with Gasteiger partial charge >= 0.3 is 0 Å². The van der Waals surface area contributed by atoms with E-state index in [2.05, 4.69) is 30.4 Å². The molecular weight excluding hydrogens is 246 g/mol. The molecule has 0 fully saturated rings. The topological polar surface area (TPSA) is 32.3 Å². The molecule has 104 valence electrons. The summed E-state index contributed by atoms with van der Waals surface area (Å²) < 4.78 is 0. The molecule has 0 bridgehead atoms. The van der Waals surface area contributed by atoms with Crippen LogP contribution in [0.5, 0.6) is 5.75 Å². The van der Waals surface area contributed by atoms with E-state index >= 15 is 0 Å². The number of phenolic OH excluding ortho intramolecular Hbond substituents is 1. The smallest absolute Gasteiger partial charge is 0.119 e. The van der Waals surface area contributed by atoms with Gasteiger partial charge in [0, 0.05) is 13.0 Å². The summed E-state index contributed by atoms with van der Waals surface area (Å²) in [7, 11) is 0. The molecule has 20 heavy (non-hydrogen) atoms. The highest BCUT2D eigenvalue weighted by molar-refractivity contribution is 5.46. The Hall–Kier alpha value is -1.80. The summed E-state index contributed by atoms with van der Waals surface area (Å²) in [5.41, 5.74) is 4.95. The van der Waals surface area contributed by atoms with Crippen LogP contribution in [0.15, 0.2) is 42.5 Å². The normalized spacial score (nSPS) is 18.4. The van der Waals surface area contributed by atoms with E-state index in [1.807, 2.05) is 24.3 Å². The third-order valence-corrected chi connectivity index (χ3v) is 4.13. The first-order chi connectivity index (χ1) is 9.74. The Morgan fingerprint density at radius 2 is 2.00 bits per heavy atom. The lowest BCUT2D eigenvalue weighted by Gasteiger charge is -2.15. The maximum absolute atomic E-state index is 10.3. The summed E-state index contributed by atoms with van der Waals surface area (Å²) in [5, 5.41) is 13.7. The van der Waals surface area contributed by atoms with Crippen LogP contribution in [0.3, 0.4) is 0 Å². The van der Waals surface area contributed by atoms with E-state index in [1.54, 1.807) is 0 Å². The number of nitrogens with one attached hydrogen (secondary N) is 1. The number of hydrogen-bond donors (Lipinski definition) is 2. The lowest BCUT2D eigenvalue weighted by atomic mass is 9.91. The average molecular weight is 267 g/mol. The molecule has 0 aliphatic carbocycles. The SMILES string of the molecule is C[C@@H]1CNCCc2cc(O)c(Cc3ccccc3)cc21. The highest BCUT2D eigenvalue weighted by Crippen LogP contribution is 2.30. The standard InChI is InChI=1S/C18H21NO/c1-13-12-19-8-7-15-11-18(20)16(10-17(13)15)9-14-5-3-2-4-6-14/h2-6,10-11,13,19-20H,7-9,12H2,1H3/t13-/m1/s1. The van der Waals surface area contributed by atoms with Crippen LogP contribution >= 0.6 is 0 Å². The Morgan fingerprint density at radius 3 is 2.80 bits per heavy atom. The summed E-state index contributed by atoms with van der Waals surface area (Å²) in [6.45, 7) is 4.26. The van der Waals surface area contributed by atoms with Crippen LogP contribution in [-0.2, 0) is 12.8 Å². The Bertz CT molecular complexity index is 592. The zero-order valence-electron chi connectivity index (χ0n) is 11.9. The molecule has 2 nitrogen and oxygen atoms in total. The number of fused-ring (bicyclic) bond motifs is 1. The van der Waals surface area contributed by atoms with Gasteiger partial charge in [-0.1, -0.05) is 43.3 Å². The summed E-state index contributed by atoms with van der Waals surface area (Å²) in [6, 6.07) is 14.5. The molecule has 2 heteroatoms. The fourth-order valence-corrected chi connectivity index (χ4v) is 2.98. The van der Waals surface area contributed by atoms with Crippen molar-refractivity contribution in [3.63, 3.8) is 0 Å². The summed E-state index contributed by atoms with van der Waals surface area (Å²) >= 11 is 0. The van der Waals surface area contributed by atoms with Crippen LogP contribution in [0.25, 0.3) is 0 Å². The average Bonchev–Trinajstić information content (AvgIpc) is 2.63. The number of hydrogen-bond acceptors (Lipinski definition) is 2. The Balaban J connectivity index is 1.96. The third kappa shape index (κ3) is 2.70. The van der Waals surface area contributed by atoms with Gasteiger partial charge in [0.05, 0.1) is 0 Å². The highest BCUT2D eigenvalue weighted by Gasteiger charge is 2.17. The Morgan fingerprint density at radius 1 is 1.20 bits per heavy atom. The zero-order valence-corrected chi connectivity index (χ0v) is 11.9. The van der Waals surface area contributed by atoms with Gasteiger partial charge < -0.3 is 10.4 Å². The van der Waals surface area contributed by atoms with Crippen molar-refractivity contribution < 1.29 is 5.11 Å². The van der Waals surface area contributed by atoms with E-state index in [0.29, 0.717) is 11.7 Å². The maximum atomic E-state index is 10.3. The second-order valence-corrected chi connectivity index (χ2v) is 5.70. The zero-order chi connectivity index (χ0) is 13.9. The number of aromatic hydroxyl groups is 1. The van der Waals surface area contributed by atoms with Crippen molar-refractivity contribution >= 4 is 0 Å². The van der Waals surface area contributed by atoms with Crippen molar-refractivity contribution in [2.45, 2.75) is 25.7 Å². The van der Waals surface area contributed by atoms with Crippen molar-refractivity contribution in [1.29, 1.82) is 0 Å². The summed E-state index contributed by atoms with van der Waals surface area (Å²) in [4.78, 5) is 0. The van der Waals surface area contributed by atoms with Gasteiger partial charge in [0.1, 0.15) is 5.75 Å². The number of phenols is 1. The second kappa shape index (κ2) is 5.68. The van der Waals surface area contributed by atoms with Gasteiger partial charge in [-0.25, -0.2) is 0 Å². The van der Waals surface area contributed by atoms with Gasteiger partial charge in [-0.05, 0) is 47.2 Å². The monoisotopic (exact) mass is 267 g/mol. The minimum absolute atomic E-state index is 0.432.